The predicted octanol–water partition coefficient (Wildman–Crippen LogP) is 2.98. The van der Waals surface area contributed by atoms with Crippen LogP contribution in [0.5, 0.6) is 11.5 Å². The molecular weight excluding hydrogens is 346 g/mol. The Morgan fingerprint density at radius 1 is 0.963 bits per heavy atom. The Morgan fingerprint density at radius 3 is 2.22 bits per heavy atom. The van der Waals surface area contributed by atoms with Gasteiger partial charge in [0.25, 0.3) is 0 Å². The van der Waals surface area contributed by atoms with Crippen molar-refractivity contribution < 1.29 is 23.8 Å². The van der Waals surface area contributed by atoms with Crippen LogP contribution < -0.4 is 14.8 Å². The minimum Gasteiger partial charge on any atom is -0.493 e. The second-order valence-electron chi connectivity index (χ2n) is 6.18. The highest BCUT2D eigenvalue weighted by molar-refractivity contribution is 5.80. The fraction of sp³-hybridized carbons (Fsp3) is 0.333. The van der Waals surface area contributed by atoms with Crippen molar-refractivity contribution in [2.24, 2.45) is 0 Å². The van der Waals surface area contributed by atoms with Gasteiger partial charge in [0.05, 0.1) is 40.2 Å². The van der Waals surface area contributed by atoms with Gasteiger partial charge in [-0.1, -0.05) is 35.9 Å². The second-order valence-corrected chi connectivity index (χ2v) is 6.18. The van der Waals surface area contributed by atoms with E-state index >= 15 is 0 Å². The average molecular weight is 371 g/mol. The summed E-state index contributed by atoms with van der Waals surface area (Å²) in [7, 11) is 4.40. The molecule has 0 unspecified atom stereocenters. The van der Waals surface area contributed by atoms with Crippen molar-refractivity contribution in [1.82, 2.24) is 5.32 Å². The Bertz CT molecular complexity index is 786. The summed E-state index contributed by atoms with van der Waals surface area (Å²) >= 11 is 0. The molecular formula is C21H25NO5. The van der Waals surface area contributed by atoms with Crippen LogP contribution in [0.15, 0.2) is 42.5 Å². The van der Waals surface area contributed by atoms with Crippen LogP contribution in [0, 0.1) is 6.92 Å². The second kappa shape index (κ2) is 9.62. The van der Waals surface area contributed by atoms with E-state index in [4.69, 9.17) is 14.2 Å². The van der Waals surface area contributed by atoms with E-state index in [9.17, 15) is 9.59 Å². The molecule has 0 aromatic heterocycles. The first-order chi connectivity index (χ1) is 13.0. The number of amides is 1. The molecule has 2 aromatic rings. The molecule has 1 atom stereocenters. The molecule has 144 valence electrons. The molecule has 0 aliphatic heterocycles. The summed E-state index contributed by atoms with van der Waals surface area (Å²) < 4.78 is 15.3. The molecule has 0 aliphatic rings. The lowest BCUT2D eigenvalue weighted by Gasteiger charge is -2.20. The van der Waals surface area contributed by atoms with Crippen molar-refractivity contribution in [2.45, 2.75) is 25.8 Å². The lowest BCUT2D eigenvalue weighted by Crippen LogP contribution is -2.31. The van der Waals surface area contributed by atoms with Crippen LogP contribution >= 0.6 is 0 Å². The van der Waals surface area contributed by atoms with Crippen molar-refractivity contribution in [2.75, 3.05) is 21.3 Å². The van der Waals surface area contributed by atoms with Crippen molar-refractivity contribution in [3.05, 3.63) is 59.2 Å². The van der Waals surface area contributed by atoms with Gasteiger partial charge >= 0.3 is 5.97 Å². The molecule has 2 rings (SSSR count). The van der Waals surface area contributed by atoms with Crippen LogP contribution in [0.25, 0.3) is 0 Å². The largest absolute Gasteiger partial charge is 0.493 e. The third-order valence-electron chi connectivity index (χ3n) is 4.23. The molecule has 2 aromatic carbocycles. The topological polar surface area (TPSA) is 73.9 Å². The van der Waals surface area contributed by atoms with Crippen LogP contribution in [0.3, 0.4) is 0 Å². The van der Waals surface area contributed by atoms with Gasteiger partial charge in [-0.2, -0.15) is 0 Å². The standard InChI is InChI=1S/C21H25NO5/c1-14-5-7-15(8-6-14)11-20(23)22-17(13-21(24)27-4)16-9-10-18(25-2)19(12-16)26-3/h5-10,12,17H,11,13H2,1-4H3,(H,22,23)/t17-/m0/s1. The maximum atomic E-state index is 12.5. The molecule has 6 nitrogen and oxygen atoms in total. The van der Waals surface area contributed by atoms with Gasteiger partial charge in [0.2, 0.25) is 5.91 Å². The highest BCUT2D eigenvalue weighted by Crippen LogP contribution is 2.31. The van der Waals surface area contributed by atoms with E-state index in [2.05, 4.69) is 5.32 Å². The molecule has 0 fully saturated rings. The van der Waals surface area contributed by atoms with E-state index in [0.29, 0.717) is 11.5 Å². The van der Waals surface area contributed by atoms with Crippen molar-refractivity contribution in [1.29, 1.82) is 0 Å². The Balaban J connectivity index is 2.19. The predicted molar refractivity (Wildman–Crippen MR) is 102 cm³/mol. The fourth-order valence-corrected chi connectivity index (χ4v) is 2.71. The van der Waals surface area contributed by atoms with Gasteiger partial charge in [-0.15, -0.1) is 0 Å². The zero-order chi connectivity index (χ0) is 19.8. The fourth-order valence-electron chi connectivity index (χ4n) is 2.71. The summed E-state index contributed by atoms with van der Waals surface area (Å²) in [5, 5.41) is 2.91. The van der Waals surface area contributed by atoms with E-state index in [-0.39, 0.29) is 18.7 Å². The van der Waals surface area contributed by atoms with E-state index < -0.39 is 12.0 Å². The number of carbonyl (C=O) groups is 2. The molecule has 1 amide bonds. The minimum absolute atomic E-state index is 0.0195. The highest BCUT2D eigenvalue weighted by Gasteiger charge is 2.20. The Kier molecular flexibility index (Phi) is 7.23. The first kappa shape index (κ1) is 20.3. The van der Waals surface area contributed by atoms with E-state index in [1.54, 1.807) is 25.3 Å². The minimum atomic E-state index is -0.532. The average Bonchev–Trinajstić information content (AvgIpc) is 2.68. The maximum absolute atomic E-state index is 12.5. The summed E-state index contributed by atoms with van der Waals surface area (Å²) in [6, 6.07) is 12.5. The van der Waals surface area contributed by atoms with Crippen molar-refractivity contribution >= 4 is 11.9 Å². The monoisotopic (exact) mass is 371 g/mol. The number of ether oxygens (including phenoxy) is 3. The SMILES string of the molecule is COC(=O)C[C@H](NC(=O)Cc1ccc(C)cc1)c1ccc(OC)c(OC)c1. The molecule has 6 heteroatoms. The first-order valence-corrected chi connectivity index (χ1v) is 8.60. The number of methoxy groups -OCH3 is 3. The number of nitrogens with one attached hydrogen (secondary N) is 1. The maximum Gasteiger partial charge on any atom is 0.307 e. The third kappa shape index (κ3) is 5.74. The first-order valence-electron chi connectivity index (χ1n) is 8.60. The lowest BCUT2D eigenvalue weighted by molar-refractivity contribution is -0.141. The van der Waals surface area contributed by atoms with Crippen LogP contribution in [0.1, 0.15) is 29.2 Å². The molecule has 0 radical (unpaired) electrons. The molecule has 27 heavy (non-hydrogen) atoms. The smallest absolute Gasteiger partial charge is 0.307 e. The molecule has 0 aliphatic carbocycles. The summed E-state index contributed by atoms with van der Waals surface area (Å²) in [6.45, 7) is 1.99. The number of carbonyl (C=O) groups excluding carboxylic acids is 2. The van der Waals surface area contributed by atoms with Gasteiger partial charge in [-0.3, -0.25) is 9.59 Å². The van der Waals surface area contributed by atoms with Gasteiger partial charge in [0, 0.05) is 0 Å². The van der Waals surface area contributed by atoms with Gasteiger partial charge < -0.3 is 19.5 Å². The van der Waals surface area contributed by atoms with Crippen LogP contribution in [-0.4, -0.2) is 33.2 Å². The summed E-state index contributed by atoms with van der Waals surface area (Å²) in [6.07, 6.45) is 0.247. The van der Waals surface area contributed by atoms with Gasteiger partial charge in [-0.05, 0) is 30.2 Å². The third-order valence-corrected chi connectivity index (χ3v) is 4.23. The number of rotatable bonds is 8. The number of benzene rings is 2. The van der Waals surface area contributed by atoms with E-state index in [0.717, 1.165) is 16.7 Å². The van der Waals surface area contributed by atoms with Crippen LogP contribution in [0.2, 0.25) is 0 Å². The van der Waals surface area contributed by atoms with Crippen molar-refractivity contribution in [3.8, 4) is 11.5 Å². The molecule has 1 N–H and O–H groups in total. The number of aryl methyl sites for hydroxylation is 1. The van der Waals surface area contributed by atoms with E-state index in [1.807, 2.05) is 31.2 Å². The zero-order valence-corrected chi connectivity index (χ0v) is 16.1. The Labute approximate surface area is 159 Å². The molecule has 0 heterocycles. The van der Waals surface area contributed by atoms with Gasteiger partial charge in [0.15, 0.2) is 11.5 Å². The van der Waals surface area contributed by atoms with Gasteiger partial charge in [-0.25, -0.2) is 0 Å². The molecule has 0 saturated carbocycles. The normalized spacial score (nSPS) is 11.4. The van der Waals surface area contributed by atoms with Gasteiger partial charge in [0.1, 0.15) is 0 Å². The molecule has 0 saturated heterocycles. The number of esters is 1. The summed E-state index contributed by atoms with van der Waals surface area (Å²) in [5.41, 5.74) is 2.77. The highest BCUT2D eigenvalue weighted by atomic mass is 16.5. The summed E-state index contributed by atoms with van der Waals surface area (Å²) in [5.74, 6) is 0.509. The Morgan fingerprint density at radius 2 is 1.63 bits per heavy atom. The zero-order valence-electron chi connectivity index (χ0n) is 16.1. The summed E-state index contributed by atoms with van der Waals surface area (Å²) in [4.78, 5) is 24.3. The van der Waals surface area contributed by atoms with Crippen LogP contribution in [-0.2, 0) is 20.7 Å². The molecule has 0 spiro atoms. The quantitative estimate of drug-likeness (QED) is 0.722. The van der Waals surface area contributed by atoms with E-state index in [1.165, 1.54) is 14.2 Å². The Hall–Kier alpha value is -3.02. The lowest BCUT2D eigenvalue weighted by atomic mass is 10.0. The number of hydrogen-bond donors (Lipinski definition) is 1. The number of hydrogen-bond acceptors (Lipinski definition) is 5. The van der Waals surface area contributed by atoms with Crippen molar-refractivity contribution in [3.63, 3.8) is 0 Å². The van der Waals surface area contributed by atoms with Crippen LogP contribution in [0.4, 0.5) is 0 Å². The molecule has 0 bridgehead atoms.